The van der Waals surface area contributed by atoms with Gasteiger partial charge in [-0.3, -0.25) is 9.69 Å². The maximum atomic E-state index is 13.1. The first-order valence-corrected chi connectivity index (χ1v) is 7.31. The van der Waals surface area contributed by atoms with E-state index in [1.54, 1.807) is 23.1 Å². The third-order valence-electron chi connectivity index (χ3n) is 3.51. The summed E-state index contributed by atoms with van der Waals surface area (Å²) in [5, 5.41) is 0. The van der Waals surface area contributed by atoms with Crippen molar-refractivity contribution in [3.8, 4) is 12.3 Å². The molecular weight excluding hydrogens is 282 g/mol. The van der Waals surface area contributed by atoms with Crippen molar-refractivity contribution in [1.82, 2.24) is 0 Å². The van der Waals surface area contributed by atoms with Crippen molar-refractivity contribution in [3.63, 3.8) is 0 Å². The highest BCUT2D eigenvalue weighted by molar-refractivity contribution is 6.11. The van der Waals surface area contributed by atoms with Crippen LogP contribution in [0, 0.1) is 12.3 Å². The fourth-order valence-corrected chi connectivity index (χ4v) is 2.41. The lowest BCUT2D eigenvalue weighted by Gasteiger charge is -2.23. The van der Waals surface area contributed by atoms with Crippen LogP contribution in [0.1, 0.15) is 15.9 Å². The summed E-state index contributed by atoms with van der Waals surface area (Å²) in [4.78, 5) is 14.8. The molecule has 0 aromatic heterocycles. The van der Waals surface area contributed by atoms with Gasteiger partial charge in [-0.15, -0.1) is 6.42 Å². The van der Waals surface area contributed by atoms with E-state index in [0.29, 0.717) is 11.1 Å². The third kappa shape index (κ3) is 3.14. The van der Waals surface area contributed by atoms with E-state index in [9.17, 15) is 4.79 Å². The van der Waals surface area contributed by atoms with E-state index in [0.717, 1.165) is 11.4 Å². The van der Waals surface area contributed by atoms with Crippen molar-refractivity contribution in [2.45, 2.75) is 0 Å². The number of anilines is 2. The first-order chi connectivity index (χ1) is 11.3. The average molecular weight is 297 g/mol. The van der Waals surface area contributed by atoms with Crippen LogP contribution >= 0.6 is 0 Å². The van der Waals surface area contributed by atoms with E-state index in [1.165, 1.54) is 0 Å². The molecule has 110 valence electrons. The second-order valence-corrected chi connectivity index (χ2v) is 5.04. The molecule has 0 heterocycles. The van der Waals surface area contributed by atoms with Crippen LogP contribution in [-0.4, -0.2) is 5.91 Å². The number of nitrogens with zero attached hydrogens (tertiary/aromatic N) is 1. The first-order valence-electron chi connectivity index (χ1n) is 7.31. The minimum Gasteiger partial charge on any atom is -0.277 e. The Morgan fingerprint density at radius 1 is 0.783 bits per heavy atom. The quantitative estimate of drug-likeness (QED) is 0.645. The summed E-state index contributed by atoms with van der Waals surface area (Å²) in [6.07, 6.45) is 5.44. The van der Waals surface area contributed by atoms with Crippen molar-refractivity contribution in [3.05, 3.63) is 96.1 Å². The molecule has 23 heavy (non-hydrogen) atoms. The van der Waals surface area contributed by atoms with E-state index in [1.807, 2.05) is 66.7 Å². The number of hydrogen-bond donors (Lipinski definition) is 0. The van der Waals surface area contributed by atoms with Gasteiger partial charge in [0.1, 0.15) is 0 Å². The Hall–Kier alpha value is -3.31. The fourth-order valence-electron chi connectivity index (χ4n) is 2.41. The number of carbonyl (C=O) groups excluding carboxylic acids is 1. The predicted molar refractivity (Wildman–Crippen MR) is 93.7 cm³/mol. The Morgan fingerprint density at radius 2 is 1.35 bits per heavy atom. The predicted octanol–water partition coefficient (Wildman–Crippen LogP) is 4.65. The van der Waals surface area contributed by atoms with Crippen LogP contribution < -0.4 is 4.90 Å². The van der Waals surface area contributed by atoms with Crippen LogP contribution in [-0.2, 0) is 0 Å². The van der Waals surface area contributed by atoms with Gasteiger partial charge in [-0.1, -0.05) is 48.4 Å². The summed E-state index contributed by atoms with van der Waals surface area (Å²) in [5.41, 5.74) is 2.88. The molecule has 1 amide bonds. The normalized spacial score (nSPS) is 9.87. The molecule has 2 heteroatoms. The molecule has 0 radical (unpaired) electrons. The minimum absolute atomic E-state index is 0.112. The topological polar surface area (TPSA) is 20.3 Å². The maximum absolute atomic E-state index is 13.1. The van der Waals surface area contributed by atoms with Crippen molar-refractivity contribution < 1.29 is 4.79 Å². The number of rotatable bonds is 3. The molecular formula is C21H15NO. The number of amides is 1. The molecule has 2 nitrogen and oxygen atoms in total. The summed E-state index contributed by atoms with van der Waals surface area (Å²) in [5.74, 6) is 2.46. The summed E-state index contributed by atoms with van der Waals surface area (Å²) in [6, 6.07) is 26.3. The van der Waals surface area contributed by atoms with E-state index >= 15 is 0 Å². The van der Waals surface area contributed by atoms with E-state index in [2.05, 4.69) is 5.92 Å². The molecule has 0 aliphatic carbocycles. The zero-order chi connectivity index (χ0) is 16.1. The van der Waals surface area contributed by atoms with Crippen molar-refractivity contribution in [1.29, 1.82) is 0 Å². The molecule has 3 aromatic rings. The summed E-state index contributed by atoms with van der Waals surface area (Å²) >= 11 is 0. The largest absolute Gasteiger partial charge is 0.277 e. The average Bonchev–Trinajstić information content (AvgIpc) is 2.64. The number of para-hydroxylation sites is 2. The van der Waals surface area contributed by atoms with Crippen molar-refractivity contribution in [2.24, 2.45) is 0 Å². The molecule has 0 N–H and O–H groups in total. The lowest BCUT2D eigenvalue weighted by atomic mass is 10.1. The highest BCUT2D eigenvalue weighted by atomic mass is 16.2. The van der Waals surface area contributed by atoms with E-state index < -0.39 is 0 Å². The molecule has 0 bridgehead atoms. The van der Waals surface area contributed by atoms with Crippen LogP contribution in [0.5, 0.6) is 0 Å². The Kier molecular flexibility index (Phi) is 4.22. The van der Waals surface area contributed by atoms with Crippen molar-refractivity contribution >= 4 is 17.3 Å². The Morgan fingerprint density at radius 3 is 1.87 bits per heavy atom. The molecule has 0 saturated heterocycles. The van der Waals surface area contributed by atoms with Gasteiger partial charge >= 0.3 is 0 Å². The number of terminal acetylenes is 1. The van der Waals surface area contributed by atoms with Gasteiger partial charge in [-0.05, 0) is 42.5 Å². The molecule has 0 fully saturated rings. The van der Waals surface area contributed by atoms with E-state index in [4.69, 9.17) is 6.42 Å². The minimum atomic E-state index is -0.112. The summed E-state index contributed by atoms with van der Waals surface area (Å²) in [6.45, 7) is 0. The summed E-state index contributed by atoms with van der Waals surface area (Å²) in [7, 11) is 0. The number of benzene rings is 3. The second kappa shape index (κ2) is 6.64. The monoisotopic (exact) mass is 297 g/mol. The number of hydrogen-bond acceptors (Lipinski definition) is 1. The lowest BCUT2D eigenvalue weighted by molar-refractivity contribution is 0.0999. The molecule has 0 saturated carbocycles. The van der Waals surface area contributed by atoms with Crippen molar-refractivity contribution in [2.75, 3.05) is 4.90 Å². The molecule has 3 aromatic carbocycles. The molecule has 0 atom stereocenters. The van der Waals surface area contributed by atoms with Gasteiger partial charge in [0.05, 0.1) is 0 Å². The Balaban J connectivity index is 2.08. The Labute approximate surface area is 136 Å². The van der Waals surface area contributed by atoms with Crippen LogP contribution in [0.15, 0.2) is 84.9 Å². The Bertz CT molecular complexity index is 808. The lowest BCUT2D eigenvalue weighted by Crippen LogP contribution is -2.25. The van der Waals surface area contributed by atoms with Gasteiger partial charge < -0.3 is 0 Å². The molecule has 0 spiro atoms. The third-order valence-corrected chi connectivity index (χ3v) is 3.51. The van der Waals surface area contributed by atoms with Gasteiger partial charge in [0, 0.05) is 22.5 Å². The van der Waals surface area contributed by atoms with Gasteiger partial charge in [-0.2, -0.15) is 0 Å². The van der Waals surface area contributed by atoms with Gasteiger partial charge in [0.25, 0.3) is 5.91 Å². The van der Waals surface area contributed by atoms with Gasteiger partial charge in [0.2, 0.25) is 0 Å². The first kappa shape index (κ1) is 14.6. The highest BCUT2D eigenvalue weighted by Gasteiger charge is 2.19. The van der Waals surface area contributed by atoms with Gasteiger partial charge in [0.15, 0.2) is 0 Å². The fraction of sp³-hybridized carbons (Fsp3) is 0. The second-order valence-electron chi connectivity index (χ2n) is 5.04. The molecule has 0 aliphatic heterocycles. The van der Waals surface area contributed by atoms with Crippen LogP contribution in [0.4, 0.5) is 11.4 Å². The van der Waals surface area contributed by atoms with Gasteiger partial charge in [-0.25, -0.2) is 0 Å². The number of carbonyl (C=O) groups is 1. The van der Waals surface area contributed by atoms with Crippen LogP contribution in [0.3, 0.4) is 0 Å². The summed E-state index contributed by atoms with van der Waals surface area (Å²) < 4.78 is 0. The zero-order valence-electron chi connectivity index (χ0n) is 12.5. The SMILES string of the molecule is C#Cc1cccc(C(=O)N(c2ccccc2)c2ccccc2)c1. The smallest absolute Gasteiger partial charge is 0.262 e. The maximum Gasteiger partial charge on any atom is 0.262 e. The standard InChI is InChI=1S/C21H15NO/c1-2-17-10-9-11-18(16-17)21(23)22(19-12-5-3-6-13-19)20-14-7-4-8-15-20/h1,3-16H. The van der Waals surface area contributed by atoms with E-state index in [-0.39, 0.29) is 5.91 Å². The van der Waals surface area contributed by atoms with Crippen LogP contribution in [0.25, 0.3) is 0 Å². The zero-order valence-corrected chi connectivity index (χ0v) is 12.5. The molecule has 0 aliphatic rings. The highest BCUT2D eigenvalue weighted by Crippen LogP contribution is 2.27. The molecule has 0 unspecified atom stereocenters. The molecule has 3 rings (SSSR count). The van der Waals surface area contributed by atoms with Crippen LogP contribution in [0.2, 0.25) is 0 Å².